The van der Waals surface area contributed by atoms with Gasteiger partial charge in [-0.05, 0) is 87.8 Å². The Hall–Kier alpha value is -3.15. The normalized spacial score (nSPS) is 17.6. The van der Waals surface area contributed by atoms with Crippen molar-refractivity contribution in [1.82, 2.24) is 10.2 Å². The van der Waals surface area contributed by atoms with Crippen molar-refractivity contribution in [1.29, 1.82) is 0 Å². The number of carbonyl (C=O) groups is 3. The molecule has 214 valence electrons. The van der Waals surface area contributed by atoms with E-state index in [1.54, 1.807) is 67.8 Å². The summed E-state index contributed by atoms with van der Waals surface area (Å²) in [4.78, 5) is 42.8. The number of hydrogen-bond donors (Lipinski definition) is 2. The molecule has 7 nitrogen and oxygen atoms in total. The number of anilines is 1. The lowest BCUT2D eigenvalue weighted by Crippen LogP contribution is -2.53. The summed E-state index contributed by atoms with van der Waals surface area (Å²) in [5, 5.41) is 6.14. The van der Waals surface area contributed by atoms with Gasteiger partial charge in [0.25, 0.3) is 5.91 Å². The number of rotatable bonds is 10. The van der Waals surface area contributed by atoms with Gasteiger partial charge >= 0.3 is 6.09 Å². The second kappa shape index (κ2) is 13.5. The number of alkyl carbamates (subject to hydrolysis) is 1. The first-order valence-corrected chi connectivity index (χ1v) is 15.1. The van der Waals surface area contributed by atoms with Gasteiger partial charge in [-0.2, -0.15) is 11.8 Å². The smallest absolute Gasteiger partial charge is 0.408 e. The zero-order valence-electron chi connectivity index (χ0n) is 23.9. The number of nitrogens with zero attached hydrogens (tertiary/aromatic N) is 1. The van der Waals surface area contributed by atoms with Gasteiger partial charge in [-0.1, -0.05) is 48.7 Å². The number of halogens is 1. The average Bonchev–Trinajstić information content (AvgIpc) is 3.61. The highest BCUT2D eigenvalue weighted by atomic mass is 35.5. The third-order valence-corrected chi connectivity index (χ3v) is 7.63. The van der Waals surface area contributed by atoms with Crippen molar-refractivity contribution < 1.29 is 19.1 Å². The summed E-state index contributed by atoms with van der Waals surface area (Å²) in [5.74, 6) is 2.67. The van der Waals surface area contributed by atoms with Gasteiger partial charge in [0.2, 0.25) is 5.91 Å². The fourth-order valence-corrected chi connectivity index (χ4v) is 5.22. The van der Waals surface area contributed by atoms with Crippen LogP contribution in [-0.2, 0) is 14.3 Å². The molecule has 0 bridgehead atoms. The van der Waals surface area contributed by atoms with Crippen LogP contribution in [0.3, 0.4) is 0 Å². The third kappa shape index (κ3) is 8.18. The highest BCUT2D eigenvalue weighted by Crippen LogP contribution is 2.41. The largest absolute Gasteiger partial charge is 0.444 e. The highest BCUT2D eigenvalue weighted by Gasteiger charge is 2.48. The summed E-state index contributed by atoms with van der Waals surface area (Å²) in [7, 11) is 0. The summed E-state index contributed by atoms with van der Waals surface area (Å²) < 4.78 is 5.46. The fraction of sp³-hybridized carbons (Fsp3) is 0.452. The van der Waals surface area contributed by atoms with E-state index in [2.05, 4.69) is 16.6 Å². The van der Waals surface area contributed by atoms with E-state index in [4.69, 9.17) is 22.8 Å². The van der Waals surface area contributed by atoms with Gasteiger partial charge in [0, 0.05) is 11.6 Å². The Morgan fingerprint density at radius 2 is 1.85 bits per heavy atom. The number of nitrogens with one attached hydrogen (secondary N) is 2. The van der Waals surface area contributed by atoms with Crippen LogP contribution in [0.4, 0.5) is 10.5 Å². The zero-order valence-corrected chi connectivity index (χ0v) is 25.5. The minimum atomic E-state index is -0.984. The Labute approximate surface area is 246 Å². The summed E-state index contributed by atoms with van der Waals surface area (Å²) in [6, 6.07) is 10.4. The summed E-state index contributed by atoms with van der Waals surface area (Å²) in [6.07, 6.45) is 7.95. The molecule has 0 heterocycles. The molecule has 1 fully saturated rings. The highest BCUT2D eigenvalue weighted by molar-refractivity contribution is 7.98. The van der Waals surface area contributed by atoms with Crippen LogP contribution in [0.15, 0.2) is 42.5 Å². The summed E-state index contributed by atoms with van der Waals surface area (Å²) >= 11 is 8.01. The number of benzene rings is 2. The molecular weight excluding hydrogens is 546 g/mol. The molecule has 0 spiro atoms. The molecule has 1 aliphatic carbocycles. The van der Waals surface area contributed by atoms with Gasteiger partial charge in [0.1, 0.15) is 17.7 Å². The lowest BCUT2D eigenvalue weighted by atomic mass is 10.00. The van der Waals surface area contributed by atoms with Crippen molar-refractivity contribution in [3.8, 4) is 12.3 Å². The number of hydrogen-bond acceptors (Lipinski definition) is 5. The molecule has 2 N–H and O–H groups in total. The average molecular weight is 584 g/mol. The van der Waals surface area contributed by atoms with Crippen LogP contribution in [0.1, 0.15) is 63.3 Å². The quantitative estimate of drug-likeness (QED) is 0.326. The Balaban J connectivity index is 2.05. The van der Waals surface area contributed by atoms with Crippen molar-refractivity contribution in [2.75, 3.05) is 17.3 Å². The van der Waals surface area contributed by atoms with Crippen LogP contribution in [0, 0.1) is 25.2 Å². The monoisotopic (exact) mass is 583 g/mol. The Morgan fingerprint density at radius 3 is 2.38 bits per heavy atom. The van der Waals surface area contributed by atoms with E-state index in [1.165, 1.54) is 0 Å². The van der Waals surface area contributed by atoms with Gasteiger partial charge < -0.3 is 20.3 Å². The first kappa shape index (κ1) is 31.4. The van der Waals surface area contributed by atoms with Gasteiger partial charge in [-0.15, -0.1) is 6.42 Å². The predicted octanol–water partition coefficient (Wildman–Crippen LogP) is 6.19. The van der Waals surface area contributed by atoms with Crippen molar-refractivity contribution >= 4 is 47.0 Å². The van der Waals surface area contributed by atoms with Gasteiger partial charge in [-0.3, -0.25) is 9.59 Å². The van der Waals surface area contributed by atoms with Crippen LogP contribution in [0.2, 0.25) is 5.02 Å². The zero-order chi connectivity index (χ0) is 29.6. The van der Waals surface area contributed by atoms with Crippen molar-refractivity contribution in [2.24, 2.45) is 5.92 Å². The molecular formula is C31H38ClN3O4S. The van der Waals surface area contributed by atoms with E-state index < -0.39 is 29.7 Å². The molecule has 1 saturated carbocycles. The summed E-state index contributed by atoms with van der Waals surface area (Å²) in [6.45, 7) is 9.19. The van der Waals surface area contributed by atoms with Crippen molar-refractivity contribution in [3.63, 3.8) is 0 Å². The minimum absolute atomic E-state index is 0.180. The number of amides is 3. The molecule has 2 aromatic carbocycles. The topological polar surface area (TPSA) is 87.7 Å². The maximum Gasteiger partial charge on any atom is 0.408 e. The van der Waals surface area contributed by atoms with Crippen LogP contribution in [0.25, 0.3) is 0 Å². The van der Waals surface area contributed by atoms with Gasteiger partial charge in [-0.25, -0.2) is 4.79 Å². The van der Waals surface area contributed by atoms with E-state index in [9.17, 15) is 14.4 Å². The second-order valence-corrected chi connectivity index (χ2v) is 12.5. The van der Waals surface area contributed by atoms with Gasteiger partial charge in [0.05, 0.1) is 10.7 Å². The number of para-hydroxylation sites is 1. The molecule has 4 atom stereocenters. The van der Waals surface area contributed by atoms with E-state index in [0.717, 1.165) is 12.0 Å². The number of thioether (sulfide) groups is 1. The van der Waals surface area contributed by atoms with Crippen LogP contribution in [-0.4, -0.2) is 52.5 Å². The first-order chi connectivity index (χ1) is 18.9. The lowest BCUT2D eigenvalue weighted by Gasteiger charge is -2.35. The molecule has 0 saturated heterocycles. The van der Waals surface area contributed by atoms with E-state index in [0.29, 0.717) is 34.0 Å². The maximum atomic E-state index is 14.3. The Bertz CT molecular complexity index is 1250. The molecule has 0 aromatic heterocycles. The second-order valence-electron chi connectivity index (χ2n) is 11.1. The molecule has 3 rings (SSSR count). The standard InChI is InChI=1S/C31H38ClN3O4S/c1-8-21-12-14-22(15-13-21)27(28(36)34-26-19(2)10-9-11-23(26)32)35(25-18-20(25)3)29(37)24(16-17-40-7)33-30(38)39-31(4,5)6/h1,9-15,20,24-25,27H,16-18H2,2-7H3,(H,33,38)(H,34,36). The number of aryl methyl sites for hydroxylation is 1. The van der Waals surface area contributed by atoms with Crippen molar-refractivity contribution in [2.45, 2.75) is 71.2 Å². The summed E-state index contributed by atoms with van der Waals surface area (Å²) in [5.41, 5.74) is 1.82. The number of ether oxygens (including phenoxy) is 1. The fourth-order valence-electron chi connectivity index (χ4n) is 4.48. The maximum absolute atomic E-state index is 14.3. The molecule has 0 aliphatic heterocycles. The van der Waals surface area contributed by atoms with Crippen LogP contribution < -0.4 is 10.6 Å². The minimum Gasteiger partial charge on any atom is -0.444 e. The van der Waals surface area contributed by atoms with E-state index in [1.807, 2.05) is 32.2 Å². The predicted molar refractivity (Wildman–Crippen MR) is 163 cm³/mol. The van der Waals surface area contributed by atoms with E-state index >= 15 is 0 Å². The van der Waals surface area contributed by atoms with E-state index in [-0.39, 0.29) is 17.9 Å². The SMILES string of the molecule is C#Cc1ccc(C(C(=O)Nc2c(C)cccc2Cl)N(C(=O)C(CCSC)NC(=O)OC(C)(C)C)C2CC2C)cc1. The van der Waals surface area contributed by atoms with Crippen LogP contribution >= 0.6 is 23.4 Å². The molecule has 0 radical (unpaired) electrons. The molecule has 1 aliphatic rings. The van der Waals surface area contributed by atoms with Gasteiger partial charge in [0.15, 0.2) is 0 Å². The van der Waals surface area contributed by atoms with Crippen LogP contribution in [0.5, 0.6) is 0 Å². The molecule has 9 heteroatoms. The third-order valence-electron chi connectivity index (χ3n) is 6.67. The van der Waals surface area contributed by atoms with Crippen molar-refractivity contribution in [3.05, 3.63) is 64.2 Å². The number of carbonyl (C=O) groups excluding carboxylic acids is 3. The molecule has 3 amide bonds. The molecule has 40 heavy (non-hydrogen) atoms. The Morgan fingerprint density at radius 1 is 1.20 bits per heavy atom. The Kier molecular flexibility index (Phi) is 10.6. The first-order valence-electron chi connectivity index (χ1n) is 13.3. The lowest BCUT2D eigenvalue weighted by molar-refractivity contribution is -0.141. The molecule has 2 aromatic rings. The molecule has 4 unspecified atom stereocenters. The number of terminal acetylenes is 1.